The van der Waals surface area contributed by atoms with Gasteiger partial charge < -0.3 is 15.8 Å². The van der Waals surface area contributed by atoms with Crippen LogP contribution < -0.4 is 15.8 Å². The number of hydrogen-bond acceptors (Lipinski definition) is 3. The van der Waals surface area contributed by atoms with Crippen molar-refractivity contribution in [2.45, 2.75) is 13.0 Å². The summed E-state index contributed by atoms with van der Waals surface area (Å²) in [5.74, 6) is 0.533. The quantitative estimate of drug-likeness (QED) is 0.860. The zero-order valence-corrected chi connectivity index (χ0v) is 11.1. The van der Waals surface area contributed by atoms with Crippen LogP contribution in [0.15, 0.2) is 24.3 Å². The summed E-state index contributed by atoms with van der Waals surface area (Å²) in [6.45, 7) is 2.29. The van der Waals surface area contributed by atoms with Gasteiger partial charge >= 0.3 is 0 Å². The van der Waals surface area contributed by atoms with Crippen molar-refractivity contribution < 1.29 is 9.53 Å². The second kappa shape index (κ2) is 8.17. The Labute approximate surface area is 112 Å². The highest BCUT2D eigenvalue weighted by atomic mass is 35.5. The largest absolute Gasteiger partial charge is 0.489 e. The molecular formula is C11H16Cl2N2O2. The third-order valence-corrected chi connectivity index (χ3v) is 2.17. The van der Waals surface area contributed by atoms with E-state index in [-0.39, 0.29) is 31.0 Å². The van der Waals surface area contributed by atoms with Crippen LogP contribution in [0.1, 0.15) is 6.92 Å². The topological polar surface area (TPSA) is 64.4 Å². The number of halogens is 2. The molecule has 1 aromatic rings. The zero-order chi connectivity index (χ0) is 12.0. The fourth-order valence-corrected chi connectivity index (χ4v) is 1.24. The lowest BCUT2D eigenvalue weighted by Crippen LogP contribution is -2.37. The van der Waals surface area contributed by atoms with Gasteiger partial charge in [-0.1, -0.05) is 11.6 Å². The molecule has 3 N–H and O–H groups in total. The van der Waals surface area contributed by atoms with E-state index in [1.807, 2.05) is 6.92 Å². The number of carbonyl (C=O) groups is 1. The summed E-state index contributed by atoms with van der Waals surface area (Å²) in [5.41, 5.74) is 5.16. The molecule has 0 fully saturated rings. The molecule has 1 aromatic carbocycles. The van der Waals surface area contributed by atoms with E-state index < -0.39 is 0 Å². The van der Waals surface area contributed by atoms with Crippen LogP contribution in [-0.4, -0.2) is 25.1 Å². The number of nitrogens with two attached hydrogens (primary N) is 1. The van der Waals surface area contributed by atoms with Gasteiger partial charge in [-0.05, 0) is 31.2 Å². The van der Waals surface area contributed by atoms with Gasteiger partial charge in [-0.25, -0.2) is 0 Å². The molecule has 0 saturated carbocycles. The van der Waals surface area contributed by atoms with Crippen LogP contribution in [0, 0.1) is 0 Å². The van der Waals surface area contributed by atoms with Crippen molar-refractivity contribution in [1.29, 1.82) is 0 Å². The van der Waals surface area contributed by atoms with E-state index in [1.165, 1.54) is 0 Å². The van der Waals surface area contributed by atoms with Crippen molar-refractivity contribution in [2.75, 3.05) is 13.1 Å². The first-order valence-corrected chi connectivity index (χ1v) is 5.38. The summed E-state index contributed by atoms with van der Waals surface area (Å²) in [4.78, 5) is 10.9. The minimum atomic E-state index is -0.188. The lowest BCUT2D eigenvalue weighted by atomic mass is 10.3. The van der Waals surface area contributed by atoms with Gasteiger partial charge in [0.1, 0.15) is 11.9 Å². The smallest absolute Gasteiger partial charge is 0.233 e. The Balaban J connectivity index is 0.00000256. The fourth-order valence-electron chi connectivity index (χ4n) is 1.12. The van der Waals surface area contributed by atoms with Gasteiger partial charge in [0.2, 0.25) is 5.91 Å². The number of ether oxygens (including phenoxy) is 1. The number of carbonyl (C=O) groups excluding carboxylic acids is 1. The average molecular weight is 279 g/mol. The first-order valence-electron chi connectivity index (χ1n) is 5.01. The zero-order valence-electron chi connectivity index (χ0n) is 9.48. The maximum Gasteiger partial charge on any atom is 0.233 e. The lowest BCUT2D eigenvalue weighted by Gasteiger charge is -2.15. The van der Waals surface area contributed by atoms with Crippen molar-refractivity contribution >= 4 is 29.9 Å². The molecule has 0 bridgehead atoms. The van der Waals surface area contributed by atoms with E-state index in [0.717, 1.165) is 5.75 Å². The Morgan fingerprint density at radius 1 is 1.47 bits per heavy atom. The van der Waals surface area contributed by atoms with Crippen molar-refractivity contribution in [1.82, 2.24) is 5.32 Å². The number of amides is 1. The van der Waals surface area contributed by atoms with E-state index in [4.69, 9.17) is 22.1 Å². The van der Waals surface area contributed by atoms with Gasteiger partial charge in [0.25, 0.3) is 0 Å². The number of benzene rings is 1. The Morgan fingerprint density at radius 3 is 2.59 bits per heavy atom. The van der Waals surface area contributed by atoms with Gasteiger partial charge in [0.05, 0.1) is 13.1 Å². The summed E-state index contributed by atoms with van der Waals surface area (Å²) in [5, 5.41) is 3.31. The van der Waals surface area contributed by atoms with E-state index in [1.54, 1.807) is 24.3 Å². The molecule has 0 spiro atoms. The van der Waals surface area contributed by atoms with Crippen molar-refractivity contribution in [2.24, 2.45) is 5.73 Å². The number of rotatable bonds is 5. The number of nitrogens with one attached hydrogen (secondary N) is 1. The molecule has 0 aliphatic carbocycles. The van der Waals surface area contributed by atoms with Crippen LogP contribution in [0.3, 0.4) is 0 Å². The molecule has 1 atom stereocenters. The highest BCUT2D eigenvalue weighted by molar-refractivity contribution is 6.30. The van der Waals surface area contributed by atoms with Gasteiger partial charge in [0, 0.05) is 5.02 Å². The first-order chi connectivity index (χ1) is 7.61. The van der Waals surface area contributed by atoms with Gasteiger partial charge in [-0.15, -0.1) is 12.4 Å². The Bertz CT molecular complexity index is 344. The maximum absolute atomic E-state index is 10.9. The third kappa shape index (κ3) is 6.36. The summed E-state index contributed by atoms with van der Waals surface area (Å²) >= 11 is 5.74. The SMILES string of the molecule is CC(CNC(=O)CN)Oc1ccc(Cl)cc1.Cl. The van der Waals surface area contributed by atoms with Crippen molar-refractivity contribution in [3.05, 3.63) is 29.3 Å². The molecule has 0 saturated heterocycles. The Kier molecular flexibility index (Phi) is 7.70. The third-order valence-electron chi connectivity index (χ3n) is 1.92. The van der Waals surface area contributed by atoms with Crippen molar-refractivity contribution in [3.8, 4) is 5.75 Å². The Morgan fingerprint density at radius 2 is 2.06 bits per heavy atom. The van der Waals surface area contributed by atoms with Crippen molar-refractivity contribution in [3.63, 3.8) is 0 Å². The predicted octanol–water partition coefficient (Wildman–Crippen LogP) is 1.60. The molecule has 96 valence electrons. The normalized spacial score (nSPS) is 11.2. The Hall–Kier alpha value is -0.970. The van der Waals surface area contributed by atoms with E-state index >= 15 is 0 Å². The van der Waals surface area contributed by atoms with Crippen LogP contribution >= 0.6 is 24.0 Å². The maximum atomic E-state index is 10.9. The molecular weight excluding hydrogens is 263 g/mol. The van der Waals surface area contributed by atoms with Gasteiger partial charge in [-0.2, -0.15) is 0 Å². The monoisotopic (exact) mass is 278 g/mol. The van der Waals surface area contributed by atoms with Crippen LogP contribution in [0.5, 0.6) is 5.75 Å². The molecule has 1 amide bonds. The fraction of sp³-hybridized carbons (Fsp3) is 0.364. The molecule has 1 rings (SSSR count). The van der Waals surface area contributed by atoms with E-state index in [9.17, 15) is 4.79 Å². The van der Waals surface area contributed by atoms with Crippen LogP contribution in [0.4, 0.5) is 0 Å². The summed E-state index contributed by atoms with van der Waals surface area (Å²) < 4.78 is 5.55. The number of hydrogen-bond donors (Lipinski definition) is 2. The minimum Gasteiger partial charge on any atom is -0.489 e. The lowest BCUT2D eigenvalue weighted by molar-refractivity contribution is -0.120. The summed E-state index contributed by atoms with van der Waals surface area (Å²) in [6.07, 6.45) is -0.114. The molecule has 0 radical (unpaired) electrons. The second-order valence-electron chi connectivity index (χ2n) is 3.39. The summed E-state index contributed by atoms with van der Waals surface area (Å²) in [7, 11) is 0. The predicted molar refractivity (Wildman–Crippen MR) is 70.9 cm³/mol. The first kappa shape index (κ1) is 16.0. The van der Waals surface area contributed by atoms with Crippen LogP contribution in [-0.2, 0) is 4.79 Å². The minimum absolute atomic E-state index is 0. The molecule has 1 unspecified atom stereocenters. The molecule has 0 heterocycles. The molecule has 4 nitrogen and oxygen atoms in total. The molecule has 6 heteroatoms. The molecule has 0 aliphatic heterocycles. The molecule has 17 heavy (non-hydrogen) atoms. The second-order valence-corrected chi connectivity index (χ2v) is 3.83. The molecule has 0 aromatic heterocycles. The highest BCUT2D eigenvalue weighted by Crippen LogP contribution is 2.16. The van der Waals surface area contributed by atoms with Gasteiger partial charge in [-0.3, -0.25) is 4.79 Å². The van der Waals surface area contributed by atoms with E-state index in [2.05, 4.69) is 5.32 Å². The van der Waals surface area contributed by atoms with Crippen LogP contribution in [0.2, 0.25) is 5.02 Å². The van der Waals surface area contributed by atoms with E-state index in [0.29, 0.717) is 11.6 Å². The van der Waals surface area contributed by atoms with Gasteiger partial charge in [0.15, 0.2) is 0 Å². The molecule has 0 aliphatic rings. The highest BCUT2D eigenvalue weighted by Gasteiger charge is 2.05. The standard InChI is InChI=1S/C11H15ClN2O2.ClH/c1-8(7-14-11(15)6-13)16-10-4-2-9(12)3-5-10;/h2-5,8H,6-7,13H2,1H3,(H,14,15);1H. The average Bonchev–Trinajstić information content (AvgIpc) is 2.29. The summed E-state index contributed by atoms with van der Waals surface area (Å²) in [6, 6.07) is 7.07. The van der Waals surface area contributed by atoms with Crippen LogP contribution in [0.25, 0.3) is 0 Å².